The zero-order valence-electron chi connectivity index (χ0n) is 4.06. The summed E-state index contributed by atoms with van der Waals surface area (Å²) in [4.78, 5) is 0. The van der Waals surface area contributed by atoms with Gasteiger partial charge in [-0.1, -0.05) is 0 Å². The van der Waals surface area contributed by atoms with Crippen molar-refractivity contribution in [3.63, 3.8) is 0 Å². The molecule has 0 aliphatic heterocycles. The number of hydrogen-bond donors (Lipinski definition) is 0. The maximum Gasteiger partial charge on any atom is 0.155 e. The summed E-state index contributed by atoms with van der Waals surface area (Å²) >= 11 is 0. The minimum absolute atomic E-state index is 0.536. The van der Waals surface area contributed by atoms with Crippen molar-refractivity contribution in [2.24, 2.45) is 0 Å². The Labute approximate surface area is 42.7 Å². The van der Waals surface area contributed by atoms with E-state index in [1.165, 1.54) is 0 Å². The van der Waals surface area contributed by atoms with E-state index in [2.05, 4.69) is 16.8 Å². The lowest BCUT2D eigenvalue weighted by Gasteiger charge is -1.80. The molecule has 0 radical (unpaired) electrons. The van der Waals surface area contributed by atoms with E-state index in [1.54, 1.807) is 6.07 Å². The molecule has 0 amide bonds. The molecular weight excluding hydrogens is 90.1 g/mol. The van der Waals surface area contributed by atoms with E-state index in [9.17, 15) is 0 Å². The Morgan fingerprint density at radius 2 is 2.43 bits per heavy atom. The van der Waals surface area contributed by atoms with Crippen LogP contribution in [-0.2, 0) is 4.74 Å². The van der Waals surface area contributed by atoms with Gasteiger partial charge >= 0.3 is 0 Å². The van der Waals surface area contributed by atoms with Gasteiger partial charge in [-0.2, -0.15) is 5.26 Å². The van der Waals surface area contributed by atoms with Gasteiger partial charge in [-0.15, -0.1) is 0 Å². The molecule has 2 nitrogen and oxygen atoms in total. The molecule has 0 saturated heterocycles. The van der Waals surface area contributed by atoms with Crippen LogP contribution < -0.4 is 0 Å². The average molecular weight is 95.1 g/mol. The molecule has 0 aromatic carbocycles. The summed E-state index contributed by atoms with van der Waals surface area (Å²) in [7, 11) is 0. The molecule has 0 heterocycles. The molecule has 0 saturated carbocycles. The van der Waals surface area contributed by atoms with E-state index in [4.69, 9.17) is 5.26 Å². The van der Waals surface area contributed by atoms with Gasteiger partial charge in [0.05, 0.1) is 12.5 Å². The van der Waals surface area contributed by atoms with E-state index in [0.29, 0.717) is 6.61 Å². The molecule has 0 N–H and O–H groups in total. The highest BCUT2D eigenvalue weighted by Crippen LogP contribution is 1.62. The number of rotatable bonds is 1. The van der Waals surface area contributed by atoms with E-state index in [0.717, 1.165) is 0 Å². The van der Waals surface area contributed by atoms with Crippen LogP contribution in [0.25, 0.3) is 0 Å². The van der Waals surface area contributed by atoms with Crippen LogP contribution >= 0.6 is 0 Å². The van der Waals surface area contributed by atoms with Crippen LogP contribution in [0.5, 0.6) is 0 Å². The number of nitriles is 1. The number of hydrogen-bond acceptors (Lipinski definition) is 2. The second kappa shape index (κ2) is 4.85. The van der Waals surface area contributed by atoms with Crippen LogP contribution in [0.3, 0.4) is 0 Å². The van der Waals surface area contributed by atoms with E-state index >= 15 is 0 Å². The smallest absolute Gasteiger partial charge is 0.155 e. The van der Waals surface area contributed by atoms with Crippen LogP contribution in [0, 0.1) is 23.4 Å². The van der Waals surface area contributed by atoms with Crippen molar-refractivity contribution in [2.75, 3.05) is 6.61 Å². The SMILES string of the molecule is CCOC#CC#N. The first kappa shape index (κ1) is 5.85. The fraction of sp³-hybridized carbons (Fsp3) is 0.400. The zero-order chi connectivity index (χ0) is 5.54. The maximum atomic E-state index is 7.79. The van der Waals surface area contributed by atoms with Crippen molar-refractivity contribution >= 4 is 0 Å². The summed E-state index contributed by atoms with van der Waals surface area (Å²) in [6.07, 6.45) is 2.17. The Balaban J connectivity index is 3.13. The molecule has 0 aromatic rings. The summed E-state index contributed by atoms with van der Waals surface area (Å²) in [5.41, 5.74) is 0. The van der Waals surface area contributed by atoms with Crippen molar-refractivity contribution in [2.45, 2.75) is 6.92 Å². The molecule has 0 aromatic heterocycles. The molecule has 0 aliphatic carbocycles. The minimum atomic E-state index is 0.536. The van der Waals surface area contributed by atoms with E-state index < -0.39 is 0 Å². The maximum absolute atomic E-state index is 7.79. The number of ether oxygens (including phenoxy) is 1. The monoisotopic (exact) mass is 95.0 g/mol. The summed E-state index contributed by atoms with van der Waals surface area (Å²) < 4.78 is 4.49. The highest BCUT2D eigenvalue weighted by Gasteiger charge is 1.61. The van der Waals surface area contributed by atoms with Gasteiger partial charge in [-0.05, 0) is 6.92 Å². The fourth-order valence-electron chi connectivity index (χ4n) is 0.131. The Hall–Kier alpha value is -1.15. The molecule has 0 atom stereocenters. The van der Waals surface area contributed by atoms with Gasteiger partial charge in [0.15, 0.2) is 6.07 Å². The van der Waals surface area contributed by atoms with Crippen LogP contribution in [-0.4, -0.2) is 6.61 Å². The van der Waals surface area contributed by atoms with Crippen LogP contribution in [0.1, 0.15) is 6.92 Å². The van der Waals surface area contributed by atoms with E-state index in [-0.39, 0.29) is 0 Å². The van der Waals surface area contributed by atoms with Crippen molar-refractivity contribution in [3.8, 4) is 18.1 Å². The summed E-state index contributed by atoms with van der Waals surface area (Å²) in [5.74, 6) is 2.08. The molecule has 2 heteroatoms. The third-order valence-corrected chi connectivity index (χ3v) is 0.323. The summed E-state index contributed by atoms with van der Waals surface area (Å²) in [5, 5.41) is 7.79. The fourth-order valence-corrected chi connectivity index (χ4v) is 0.131. The highest BCUT2D eigenvalue weighted by atomic mass is 16.5. The lowest BCUT2D eigenvalue weighted by Crippen LogP contribution is -1.75. The van der Waals surface area contributed by atoms with Gasteiger partial charge in [0.25, 0.3) is 0 Å². The topological polar surface area (TPSA) is 33.0 Å². The van der Waals surface area contributed by atoms with Crippen LogP contribution in [0.15, 0.2) is 0 Å². The first-order valence-electron chi connectivity index (χ1n) is 1.92. The first-order valence-corrected chi connectivity index (χ1v) is 1.92. The van der Waals surface area contributed by atoms with Crippen molar-refractivity contribution in [1.29, 1.82) is 5.26 Å². The average Bonchev–Trinajstić information content (AvgIpc) is 1.69. The Kier molecular flexibility index (Phi) is 4.05. The van der Waals surface area contributed by atoms with Crippen molar-refractivity contribution in [1.82, 2.24) is 0 Å². The first-order chi connectivity index (χ1) is 3.41. The lowest BCUT2D eigenvalue weighted by molar-refractivity contribution is 0.299. The molecule has 0 bridgehead atoms. The molecule has 0 spiro atoms. The van der Waals surface area contributed by atoms with Gasteiger partial charge in [-0.3, -0.25) is 0 Å². The molecule has 0 unspecified atom stereocenters. The molecule has 0 aliphatic rings. The second-order valence-electron chi connectivity index (χ2n) is 0.772. The Bertz CT molecular complexity index is 123. The standard InChI is InChI=1S/C5H5NO/c1-2-7-5-3-4-6/h2H2,1H3. The predicted molar refractivity (Wildman–Crippen MR) is 25.0 cm³/mol. The third-order valence-electron chi connectivity index (χ3n) is 0.323. The van der Waals surface area contributed by atoms with Gasteiger partial charge in [0, 0.05) is 0 Å². The molecule has 0 fully saturated rings. The van der Waals surface area contributed by atoms with Crippen molar-refractivity contribution in [3.05, 3.63) is 0 Å². The van der Waals surface area contributed by atoms with Crippen LogP contribution in [0.2, 0.25) is 0 Å². The molecular formula is C5H5NO. The number of nitrogens with zero attached hydrogens (tertiary/aromatic N) is 1. The predicted octanol–water partition coefficient (Wildman–Crippen LogP) is 0.507. The van der Waals surface area contributed by atoms with Crippen molar-refractivity contribution < 1.29 is 4.74 Å². The Morgan fingerprint density at radius 3 is 2.86 bits per heavy atom. The normalized spacial score (nSPS) is 5.14. The van der Waals surface area contributed by atoms with Crippen LogP contribution in [0.4, 0.5) is 0 Å². The quantitative estimate of drug-likeness (QED) is 0.444. The third kappa shape index (κ3) is 4.85. The summed E-state index contributed by atoms with van der Waals surface area (Å²) in [6, 6.07) is 1.62. The summed E-state index contributed by atoms with van der Waals surface area (Å²) in [6.45, 7) is 2.35. The van der Waals surface area contributed by atoms with Gasteiger partial charge in [0.2, 0.25) is 0 Å². The van der Waals surface area contributed by atoms with Gasteiger partial charge in [0.1, 0.15) is 6.11 Å². The van der Waals surface area contributed by atoms with Gasteiger partial charge in [-0.25, -0.2) is 0 Å². The minimum Gasteiger partial charge on any atom is -0.446 e. The zero-order valence-corrected chi connectivity index (χ0v) is 4.06. The molecule has 36 valence electrons. The lowest BCUT2D eigenvalue weighted by atomic mass is 10.8. The van der Waals surface area contributed by atoms with Gasteiger partial charge < -0.3 is 4.74 Å². The second-order valence-corrected chi connectivity index (χ2v) is 0.772. The van der Waals surface area contributed by atoms with E-state index in [1.807, 2.05) is 6.92 Å². The molecule has 7 heavy (non-hydrogen) atoms. The highest BCUT2D eigenvalue weighted by molar-refractivity contribution is 5.12. The molecule has 0 rings (SSSR count). The Morgan fingerprint density at radius 1 is 1.71 bits per heavy atom. The largest absolute Gasteiger partial charge is 0.446 e.